The zero-order valence-electron chi connectivity index (χ0n) is 27.6. The number of alkyl carbamates (subject to hydrolysis) is 1. The number of nitrogens with two attached hydrogens (primary N) is 1. The summed E-state index contributed by atoms with van der Waals surface area (Å²) in [5.41, 5.74) is 3.73. The fourth-order valence-electron chi connectivity index (χ4n) is 6.52. The molecule has 1 unspecified atom stereocenters. The van der Waals surface area contributed by atoms with Crippen LogP contribution in [0.15, 0.2) is 53.9 Å². The lowest BCUT2D eigenvalue weighted by molar-refractivity contribution is -0.164. The Morgan fingerprint density at radius 1 is 1.24 bits per heavy atom. The molecule has 6 rings (SSSR count). The number of benzene rings is 1. The summed E-state index contributed by atoms with van der Waals surface area (Å²) in [7, 11) is 0. The van der Waals surface area contributed by atoms with Crippen LogP contribution in [0, 0.1) is 11.3 Å². The second kappa shape index (κ2) is 13.0. The summed E-state index contributed by atoms with van der Waals surface area (Å²) in [5.74, 6) is -2.01. The number of aliphatic imine (C=N–C) groups is 1. The van der Waals surface area contributed by atoms with Crippen molar-refractivity contribution < 1.29 is 36.3 Å². The van der Waals surface area contributed by atoms with E-state index in [0.717, 1.165) is 21.5 Å². The normalized spacial score (nSPS) is 22.2. The van der Waals surface area contributed by atoms with Crippen LogP contribution < -0.4 is 11.1 Å². The standard InChI is InChI=1S/C32H34ClF5N10O3/c1-29(2,3)15-31(19-7-4-17(5-8-19)21-13-41-46-45-21)26(49)47(27(39)43-31)23(14-51-28(50)44-30(10-11-30)32(36,37)38)18-6-9-20(33)22(12-18)48-25(24(34)35)40-16-42-48/h4-7,9,12-13,16,19,23-24H,8,10-11,14-15H2,1-3H3,(H2,39,43)(H,44,50)(H,41,45,46)/t19?,23-,31-/m1/s1. The van der Waals surface area contributed by atoms with E-state index >= 15 is 0 Å². The number of H-pyrrole nitrogens is 1. The van der Waals surface area contributed by atoms with E-state index in [2.05, 4.69) is 25.5 Å². The van der Waals surface area contributed by atoms with E-state index < -0.39 is 65.5 Å². The van der Waals surface area contributed by atoms with Crippen LogP contribution >= 0.6 is 11.6 Å². The predicted molar refractivity (Wildman–Crippen MR) is 173 cm³/mol. The van der Waals surface area contributed by atoms with Crippen molar-refractivity contribution >= 4 is 35.1 Å². The Labute approximate surface area is 293 Å². The number of alkyl halides is 5. The van der Waals surface area contributed by atoms with Gasteiger partial charge in [0.25, 0.3) is 12.3 Å². The molecule has 0 bridgehead atoms. The molecule has 1 aromatic carbocycles. The number of hydrogen-bond donors (Lipinski definition) is 3. The Morgan fingerprint density at radius 2 is 1.98 bits per heavy atom. The molecule has 2 amide bonds. The van der Waals surface area contributed by atoms with Gasteiger partial charge >= 0.3 is 12.3 Å². The molecule has 1 saturated carbocycles. The average molecular weight is 737 g/mol. The molecule has 272 valence electrons. The molecule has 1 fully saturated rings. The lowest BCUT2D eigenvalue weighted by atomic mass is 9.70. The molecule has 4 N–H and O–H groups in total. The number of rotatable bonds is 10. The van der Waals surface area contributed by atoms with Crippen LogP contribution in [0.4, 0.5) is 26.7 Å². The minimum absolute atomic E-state index is 0.0112. The second-order valence-electron chi connectivity index (χ2n) is 13.9. The number of carbonyl (C=O) groups excluding carboxylic acids is 2. The maximum Gasteiger partial charge on any atom is 0.411 e. The van der Waals surface area contributed by atoms with Gasteiger partial charge in [-0.3, -0.25) is 9.69 Å². The zero-order chi connectivity index (χ0) is 36.9. The minimum atomic E-state index is -4.71. The molecule has 3 heterocycles. The molecular weight excluding hydrogens is 703 g/mol. The summed E-state index contributed by atoms with van der Waals surface area (Å²) < 4.78 is 74.7. The maximum absolute atomic E-state index is 14.9. The zero-order valence-corrected chi connectivity index (χ0v) is 28.3. The predicted octanol–water partition coefficient (Wildman–Crippen LogP) is 5.83. The molecule has 51 heavy (non-hydrogen) atoms. The molecule has 3 aliphatic rings. The minimum Gasteiger partial charge on any atom is -0.447 e. The van der Waals surface area contributed by atoms with Crippen LogP contribution in [-0.2, 0) is 9.53 Å². The van der Waals surface area contributed by atoms with Gasteiger partial charge in [-0.15, -0.1) is 0 Å². The van der Waals surface area contributed by atoms with Gasteiger partial charge in [-0.2, -0.15) is 33.7 Å². The Morgan fingerprint density at radius 3 is 2.57 bits per heavy atom. The van der Waals surface area contributed by atoms with Gasteiger partial charge < -0.3 is 15.8 Å². The van der Waals surface area contributed by atoms with Gasteiger partial charge in [0.2, 0.25) is 0 Å². The largest absolute Gasteiger partial charge is 0.447 e. The summed E-state index contributed by atoms with van der Waals surface area (Å²) in [6.07, 6.45) is -1.13. The molecule has 2 aliphatic carbocycles. The molecule has 19 heteroatoms. The van der Waals surface area contributed by atoms with Gasteiger partial charge in [0.05, 0.1) is 22.9 Å². The number of allylic oxidation sites excluding steroid dienone is 3. The number of ether oxygens (including phenoxy) is 1. The number of carbonyl (C=O) groups is 2. The summed E-state index contributed by atoms with van der Waals surface area (Å²) in [6.45, 7) is 5.11. The first kappa shape index (κ1) is 35.9. The van der Waals surface area contributed by atoms with Gasteiger partial charge in [0.15, 0.2) is 17.3 Å². The SMILES string of the molecule is CC(C)(C)C[C@]1(C2C=CC(c3cn[nH]n3)=CC2)N=C(N)N([C@H](COC(=O)NC2(C(F)(F)F)CC2)c2ccc(Cl)c(-n3ncnc3C(F)F)c2)C1=O. The third kappa shape index (κ3) is 6.92. The quantitative estimate of drug-likeness (QED) is 0.219. The number of amides is 2. The lowest BCUT2D eigenvalue weighted by Crippen LogP contribution is -2.52. The summed E-state index contributed by atoms with van der Waals surface area (Å²) >= 11 is 6.42. The number of aromatic amines is 1. The Kier molecular flexibility index (Phi) is 9.18. The highest BCUT2D eigenvalue weighted by Crippen LogP contribution is 2.49. The second-order valence-corrected chi connectivity index (χ2v) is 14.3. The first-order chi connectivity index (χ1) is 23.9. The molecule has 13 nitrogen and oxygen atoms in total. The van der Waals surface area contributed by atoms with Crippen molar-refractivity contribution in [2.45, 2.75) is 76.2 Å². The molecule has 2 aromatic heterocycles. The number of aromatic nitrogens is 6. The van der Waals surface area contributed by atoms with Crippen LogP contribution in [0.1, 0.15) is 76.0 Å². The summed E-state index contributed by atoms with van der Waals surface area (Å²) in [4.78, 5) is 37.2. The molecule has 0 radical (unpaired) electrons. The molecule has 3 atom stereocenters. The first-order valence-corrected chi connectivity index (χ1v) is 16.3. The van der Waals surface area contributed by atoms with Crippen molar-refractivity contribution in [2.75, 3.05) is 6.61 Å². The highest BCUT2D eigenvalue weighted by atomic mass is 35.5. The smallest absolute Gasteiger partial charge is 0.411 e. The van der Waals surface area contributed by atoms with Crippen LogP contribution in [0.2, 0.25) is 5.02 Å². The average Bonchev–Trinajstić information content (AvgIpc) is 3.38. The van der Waals surface area contributed by atoms with E-state index in [1.165, 1.54) is 18.2 Å². The van der Waals surface area contributed by atoms with Gasteiger partial charge in [0, 0.05) is 5.92 Å². The van der Waals surface area contributed by atoms with E-state index in [-0.39, 0.29) is 41.5 Å². The van der Waals surface area contributed by atoms with E-state index in [1.54, 1.807) is 6.20 Å². The Balaban J connectivity index is 1.38. The van der Waals surface area contributed by atoms with Crippen LogP contribution in [0.3, 0.4) is 0 Å². The van der Waals surface area contributed by atoms with Gasteiger partial charge in [-0.1, -0.05) is 56.7 Å². The molecule has 1 aliphatic heterocycles. The number of halogens is 6. The van der Waals surface area contributed by atoms with Crippen molar-refractivity contribution in [2.24, 2.45) is 22.1 Å². The topological polar surface area (TPSA) is 169 Å². The van der Waals surface area contributed by atoms with Gasteiger partial charge in [0.1, 0.15) is 24.2 Å². The van der Waals surface area contributed by atoms with Crippen LogP contribution in [-0.4, -0.2) is 76.9 Å². The molecule has 0 saturated heterocycles. The highest BCUT2D eigenvalue weighted by Gasteiger charge is 2.65. The number of guanidine groups is 1. The molecule has 0 spiro atoms. The third-order valence-corrected chi connectivity index (χ3v) is 9.36. The number of hydrogen-bond acceptors (Lipinski definition) is 9. The van der Waals surface area contributed by atoms with Crippen LogP contribution in [0.25, 0.3) is 11.3 Å². The van der Waals surface area contributed by atoms with Crippen molar-refractivity contribution in [3.63, 3.8) is 0 Å². The van der Waals surface area contributed by atoms with Gasteiger partial charge in [-0.05, 0) is 54.4 Å². The monoisotopic (exact) mass is 736 g/mol. The lowest BCUT2D eigenvalue weighted by Gasteiger charge is -2.38. The first-order valence-electron chi connectivity index (χ1n) is 15.9. The fraction of sp³-hybridized carbons (Fsp3) is 0.469. The Bertz CT molecular complexity index is 1900. The van der Waals surface area contributed by atoms with Crippen LogP contribution in [0.5, 0.6) is 0 Å². The molecule has 3 aromatic rings. The third-order valence-electron chi connectivity index (χ3n) is 9.04. The van der Waals surface area contributed by atoms with E-state index in [9.17, 15) is 31.5 Å². The summed E-state index contributed by atoms with van der Waals surface area (Å²) in [5, 5.41) is 16.3. The fourth-order valence-corrected chi connectivity index (χ4v) is 6.71. The maximum atomic E-state index is 14.9. The van der Waals surface area contributed by atoms with Gasteiger partial charge in [-0.25, -0.2) is 28.2 Å². The van der Waals surface area contributed by atoms with Crippen molar-refractivity contribution in [1.82, 2.24) is 40.4 Å². The van der Waals surface area contributed by atoms with Crippen molar-refractivity contribution in [3.8, 4) is 5.69 Å². The van der Waals surface area contributed by atoms with Crippen molar-refractivity contribution in [3.05, 3.63) is 71.1 Å². The highest BCUT2D eigenvalue weighted by molar-refractivity contribution is 6.32. The van der Waals surface area contributed by atoms with Crippen molar-refractivity contribution in [1.29, 1.82) is 0 Å². The number of nitrogens with zero attached hydrogens (tertiary/aromatic N) is 7. The van der Waals surface area contributed by atoms with E-state index in [4.69, 9.17) is 27.1 Å². The Hall–Kier alpha value is -4.87. The van der Waals surface area contributed by atoms with E-state index in [1.807, 2.05) is 44.3 Å². The molecular formula is C32H34ClF5N10O3. The van der Waals surface area contributed by atoms with E-state index in [0.29, 0.717) is 12.1 Å². The number of nitrogens with one attached hydrogen (secondary N) is 2. The summed E-state index contributed by atoms with van der Waals surface area (Å²) in [6, 6.07) is 2.85.